The maximum Gasteiger partial charge on any atom is 0.262 e. The van der Waals surface area contributed by atoms with E-state index in [2.05, 4.69) is 10.3 Å². The van der Waals surface area contributed by atoms with Gasteiger partial charge in [0.05, 0.1) is 29.0 Å². The molecule has 0 spiro atoms. The molecule has 2 heterocycles. The van der Waals surface area contributed by atoms with Crippen LogP contribution in [0.1, 0.15) is 26.0 Å². The number of amides is 1. The van der Waals surface area contributed by atoms with Crippen LogP contribution in [0.25, 0.3) is 10.9 Å². The SMILES string of the molecule is CCOCCCn1c(S[C@@H](C)C(=O)NCc2ccco2)nc2ccccc2c1=O. The fourth-order valence-corrected chi connectivity index (χ4v) is 3.81. The lowest BCUT2D eigenvalue weighted by atomic mass is 10.2. The Hall–Kier alpha value is -2.58. The average molecular weight is 416 g/mol. The minimum atomic E-state index is -0.420. The van der Waals surface area contributed by atoms with Crippen molar-refractivity contribution in [3.63, 3.8) is 0 Å². The molecule has 0 radical (unpaired) electrons. The van der Waals surface area contributed by atoms with Gasteiger partial charge in [-0.15, -0.1) is 0 Å². The molecule has 8 heteroatoms. The number of rotatable bonds is 10. The maximum absolute atomic E-state index is 13.0. The van der Waals surface area contributed by atoms with Crippen LogP contribution in [-0.4, -0.2) is 33.9 Å². The number of hydrogen-bond acceptors (Lipinski definition) is 6. The quantitative estimate of drug-likeness (QED) is 0.311. The molecule has 0 aliphatic carbocycles. The molecular formula is C21H25N3O4S. The summed E-state index contributed by atoms with van der Waals surface area (Å²) in [6.07, 6.45) is 2.26. The number of aromatic nitrogens is 2. The Morgan fingerprint density at radius 2 is 2.14 bits per heavy atom. The number of para-hydroxylation sites is 1. The summed E-state index contributed by atoms with van der Waals surface area (Å²) in [6, 6.07) is 10.8. The Morgan fingerprint density at radius 1 is 1.31 bits per heavy atom. The van der Waals surface area contributed by atoms with Crippen LogP contribution in [0.3, 0.4) is 0 Å². The third-order valence-corrected chi connectivity index (χ3v) is 5.46. The Balaban J connectivity index is 1.78. The zero-order valence-corrected chi connectivity index (χ0v) is 17.4. The minimum Gasteiger partial charge on any atom is -0.467 e. The van der Waals surface area contributed by atoms with E-state index in [0.717, 1.165) is 0 Å². The van der Waals surface area contributed by atoms with Crippen LogP contribution >= 0.6 is 11.8 Å². The van der Waals surface area contributed by atoms with Crippen LogP contribution in [0, 0.1) is 0 Å². The van der Waals surface area contributed by atoms with E-state index in [1.165, 1.54) is 11.8 Å². The highest BCUT2D eigenvalue weighted by atomic mass is 32.2. The van der Waals surface area contributed by atoms with Crippen LogP contribution in [-0.2, 0) is 22.6 Å². The van der Waals surface area contributed by atoms with Crippen molar-refractivity contribution in [2.75, 3.05) is 13.2 Å². The first-order chi connectivity index (χ1) is 14.1. The second-order valence-electron chi connectivity index (χ2n) is 6.48. The Kier molecular flexibility index (Phi) is 7.48. The molecule has 29 heavy (non-hydrogen) atoms. The fraction of sp³-hybridized carbons (Fsp3) is 0.381. The fourth-order valence-electron chi connectivity index (χ4n) is 2.85. The van der Waals surface area contributed by atoms with Gasteiger partial charge in [-0.3, -0.25) is 14.2 Å². The van der Waals surface area contributed by atoms with E-state index in [9.17, 15) is 9.59 Å². The van der Waals surface area contributed by atoms with Gasteiger partial charge in [0.2, 0.25) is 5.91 Å². The molecule has 1 atom stereocenters. The van der Waals surface area contributed by atoms with Crippen LogP contribution in [0.15, 0.2) is 57.0 Å². The first-order valence-corrected chi connectivity index (χ1v) is 10.5. The normalized spacial score (nSPS) is 12.2. The molecule has 2 aromatic heterocycles. The Morgan fingerprint density at radius 3 is 2.90 bits per heavy atom. The zero-order valence-electron chi connectivity index (χ0n) is 16.6. The van der Waals surface area contributed by atoms with Crippen molar-refractivity contribution < 1.29 is 13.9 Å². The highest BCUT2D eigenvalue weighted by Crippen LogP contribution is 2.23. The second-order valence-corrected chi connectivity index (χ2v) is 7.78. The third kappa shape index (κ3) is 5.48. The summed E-state index contributed by atoms with van der Waals surface area (Å²) in [7, 11) is 0. The van der Waals surface area contributed by atoms with E-state index in [0.29, 0.717) is 54.5 Å². The van der Waals surface area contributed by atoms with Crippen molar-refractivity contribution in [3.05, 3.63) is 58.8 Å². The van der Waals surface area contributed by atoms with Gasteiger partial charge in [0.25, 0.3) is 5.56 Å². The predicted octanol–water partition coefficient (Wildman–Crippen LogP) is 3.21. The van der Waals surface area contributed by atoms with Gasteiger partial charge in [-0.2, -0.15) is 0 Å². The van der Waals surface area contributed by atoms with Crippen molar-refractivity contribution in [2.45, 2.75) is 43.8 Å². The highest BCUT2D eigenvalue weighted by molar-refractivity contribution is 8.00. The molecule has 0 saturated carbocycles. The smallest absolute Gasteiger partial charge is 0.262 e. The molecule has 0 bridgehead atoms. The van der Waals surface area contributed by atoms with Gasteiger partial charge in [0.1, 0.15) is 5.76 Å². The molecule has 0 fully saturated rings. The van der Waals surface area contributed by atoms with Gasteiger partial charge in [-0.1, -0.05) is 23.9 Å². The zero-order chi connectivity index (χ0) is 20.6. The molecule has 3 rings (SSSR count). The van der Waals surface area contributed by atoms with E-state index in [1.54, 1.807) is 36.0 Å². The molecule has 3 aromatic rings. The number of nitrogens with one attached hydrogen (secondary N) is 1. The van der Waals surface area contributed by atoms with Crippen molar-refractivity contribution in [2.24, 2.45) is 0 Å². The maximum atomic E-state index is 13.0. The van der Waals surface area contributed by atoms with Gasteiger partial charge < -0.3 is 14.5 Å². The van der Waals surface area contributed by atoms with Crippen molar-refractivity contribution in [1.29, 1.82) is 0 Å². The lowest BCUT2D eigenvalue weighted by Gasteiger charge is -2.16. The number of ether oxygens (including phenoxy) is 1. The summed E-state index contributed by atoms with van der Waals surface area (Å²) in [5.74, 6) is 0.543. The van der Waals surface area contributed by atoms with Crippen molar-refractivity contribution >= 4 is 28.6 Å². The minimum absolute atomic E-state index is 0.0993. The number of nitrogens with zero attached hydrogens (tertiary/aromatic N) is 2. The standard InChI is InChI=1S/C21H25N3O4S/c1-3-27-12-7-11-24-20(26)17-9-4-5-10-18(17)23-21(24)29-15(2)19(25)22-14-16-8-6-13-28-16/h4-6,8-10,13,15H,3,7,11-12,14H2,1-2H3,(H,22,25)/t15-/m0/s1. The summed E-state index contributed by atoms with van der Waals surface area (Å²) >= 11 is 1.28. The van der Waals surface area contributed by atoms with Gasteiger partial charge in [0, 0.05) is 19.8 Å². The summed E-state index contributed by atoms with van der Waals surface area (Å²) in [5, 5.41) is 3.53. The first-order valence-electron chi connectivity index (χ1n) is 9.64. The number of thioether (sulfide) groups is 1. The monoisotopic (exact) mass is 415 g/mol. The summed E-state index contributed by atoms with van der Waals surface area (Å²) in [5.41, 5.74) is 0.530. The van der Waals surface area contributed by atoms with E-state index < -0.39 is 5.25 Å². The van der Waals surface area contributed by atoms with E-state index in [1.807, 2.05) is 25.1 Å². The summed E-state index contributed by atoms with van der Waals surface area (Å²) in [4.78, 5) is 30.1. The van der Waals surface area contributed by atoms with E-state index in [-0.39, 0.29) is 11.5 Å². The molecule has 0 saturated heterocycles. The topological polar surface area (TPSA) is 86.4 Å². The molecule has 7 nitrogen and oxygen atoms in total. The van der Waals surface area contributed by atoms with Crippen LogP contribution < -0.4 is 10.9 Å². The Bertz CT molecular complexity index is 1000. The van der Waals surface area contributed by atoms with Gasteiger partial charge in [0.15, 0.2) is 5.16 Å². The van der Waals surface area contributed by atoms with Crippen LogP contribution in [0.2, 0.25) is 0 Å². The summed E-state index contributed by atoms with van der Waals surface area (Å²) < 4.78 is 12.3. The third-order valence-electron chi connectivity index (χ3n) is 4.37. The van der Waals surface area contributed by atoms with E-state index >= 15 is 0 Å². The number of furan rings is 1. The molecular weight excluding hydrogens is 390 g/mol. The van der Waals surface area contributed by atoms with Crippen molar-refractivity contribution in [1.82, 2.24) is 14.9 Å². The molecule has 1 aromatic carbocycles. The Labute approximate surface area is 173 Å². The van der Waals surface area contributed by atoms with Crippen molar-refractivity contribution in [3.8, 4) is 0 Å². The number of hydrogen-bond donors (Lipinski definition) is 1. The highest BCUT2D eigenvalue weighted by Gasteiger charge is 2.19. The molecule has 1 amide bonds. The summed E-state index contributed by atoms with van der Waals surface area (Å²) in [6.45, 7) is 5.75. The van der Waals surface area contributed by atoms with Gasteiger partial charge in [-0.05, 0) is 44.5 Å². The number of fused-ring (bicyclic) bond motifs is 1. The molecule has 0 aliphatic heterocycles. The first kappa shape index (κ1) is 21.1. The van der Waals surface area contributed by atoms with Gasteiger partial charge in [-0.25, -0.2) is 4.98 Å². The van der Waals surface area contributed by atoms with E-state index in [4.69, 9.17) is 9.15 Å². The molecule has 154 valence electrons. The molecule has 1 N–H and O–H groups in total. The second kappa shape index (κ2) is 10.3. The van der Waals surface area contributed by atoms with Crippen LogP contribution in [0.4, 0.5) is 0 Å². The number of carbonyl (C=O) groups is 1. The number of carbonyl (C=O) groups excluding carboxylic acids is 1. The molecule has 0 aliphatic rings. The van der Waals surface area contributed by atoms with Gasteiger partial charge >= 0.3 is 0 Å². The number of benzene rings is 1. The largest absolute Gasteiger partial charge is 0.467 e. The predicted molar refractivity (Wildman–Crippen MR) is 113 cm³/mol. The average Bonchev–Trinajstić information content (AvgIpc) is 3.25. The lowest BCUT2D eigenvalue weighted by molar-refractivity contribution is -0.120. The lowest BCUT2D eigenvalue weighted by Crippen LogP contribution is -2.31. The molecule has 0 unspecified atom stereocenters. The van der Waals surface area contributed by atoms with Crippen LogP contribution in [0.5, 0.6) is 0 Å².